The van der Waals surface area contributed by atoms with Crippen molar-refractivity contribution < 1.29 is 24.3 Å². The van der Waals surface area contributed by atoms with E-state index in [2.05, 4.69) is 20.9 Å². The zero-order valence-electron chi connectivity index (χ0n) is 17.0. The van der Waals surface area contributed by atoms with E-state index in [-0.39, 0.29) is 25.5 Å². The highest BCUT2D eigenvalue weighted by atomic mass is 32.1. The third kappa shape index (κ3) is 8.44. The Morgan fingerprint density at radius 1 is 1.06 bits per heavy atom. The Morgan fingerprint density at radius 3 is 2.38 bits per heavy atom. The SMILES string of the molecule is NC(N)=Nc1ccc(C(=O)NCCC(=O)NC(CC(=O)O)C(=O)NCc2cccs2)cc1. The first kappa shape index (κ1) is 24.3. The normalized spacial score (nSPS) is 11.1. The van der Waals surface area contributed by atoms with Gasteiger partial charge in [0.1, 0.15) is 6.04 Å². The Balaban J connectivity index is 1.81. The number of nitrogens with zero attached hydrogens (tertiary/aromatic N) is 1. The molecule has 0 saturated carbocycles. The van der Waals surface area contributed by atoms with Gasteiger partial charge in [-0.15, -0.1) is 11.3 Å². The van der Waals surface area contributed by atoms with E-state index in [0.29, 0.717) is 11.3 Å². The zero-order valence-corrected chi connectivity index (χ0v) is 17.9. The van der Waals surface area contributed by atoms with Crippen molar-refractivity contribution in [1.29, 1.82) is 0 Å². The van der Waals surface area contributed by atoms with Crippen LogP contribution in [0.3, 0.4) is 0 Å². The van der Waals surface area contributed by atoms with Crippen LogP contribution in [-0.2, 0) is 20.9 Å². The number of carboxylic acid groups (broad SMARTS) is 1. The maximum Gasteiger partial charge on any atom is 0.305 e. The second-order valence-electron chi connectivity index (χ2n) is 6.60. The van der Waals surface area contributed by atoms with Crippen LogP contribution >= 0.6 is 11.3 Å². The fraction of sp³-hybridized carbons (Fsp3) is 0.250. The summed E-state index contributed by atoms with van der Waals surface area (Å²) in [5.41, 5.74) is 11.4. The van der Waals surface area contributed by atoms with E-state index < -0.39 is 36.2 Å². The molecule has 1 heterocycles. The molecule has 1 atom stereocenters. The van der Waals surface area contributed by atoms with Gasteiger partial charge in [0.25, 0.3) is 5.91 Å². The van der Waals surface area contributed by atoms with Crippen molar-refractivity contribution in [1.82, 2.24) is 16.0 Å². The molecule has 0 radical (unpaired) electrons. The molecular formula is C20H24N6O5S. The Hall–Kier alpha value is -3.93. The molecule has 2 aromatic rings. The molecule has 0 aliphatic heterocycles. The molecule has 8 N–H and O–H groups in total. The van der Waals surface area contributed by atoms with Crippen molar-refractivity contribution in [3.8, 4) is 0 Å². The van der Waals surface area contributed by atoms with E-state index >= 15 is 0 Å². The number of rotatable bonds is 11. The van der Waals surface area contributed by atoms with Gasteiger partial charge in [-0.25, -0.2) is 4.99 Å². The Morgan fingerprint density at radius 2 is 1.78 bits per heavy atom. The highest BCUT2D eigenvalue weighted by Crippen LogP contribution is 2.12. The first-order valence-corrected chi connectivity index (χ1v) is 10.4. The van der Waals surface area contributed by atoms with Crippen LogP contribution in [0.2, 0.25) is 0 Å². The second-order valence-corrected chi connectivity index (χ2v) is 7.64. The van der Waals surface area contributed by atoms with Gasteiger partial charge in [0.05, 0.1) is 18.7 Å². The molecule has 32 heavy (non-hydrogen) atoms. The summed E-state index contributed by atoms with van der Waals surface area (Å²) >= 11 is 1.44. The number of aliphatic imine (C=N–C) groups is 1. The van der Waals surface area contributed by atoms with Gasteiger partial charge in [0.15, 0.2) is 5.96 Å². The third-order valence-electron chi connectivity index (χ3n) is 4.07. The third-order valence-corrected chi connectivity index (χ3v) is 4.95. The molecule has 0 aliphatic carbocycles. The van der Waals surface area contributed by atoms with E-state index in [1.165, 1.54) is 23.5 Å². The fourth-order valence-corrected chi connectivity index (χ4v) is 3.23. The van der Waals surface area contributed by atoms with Gasteiger partial charge in [0, 0.05) is 23.4 Å². The Labute approximate surface area is 187 Å². The summed E-state index contributed by atoms with van der Waals surface area (Å²) in [5, 5.41) is 18.5. The summed E-state index contributed by atoms with van der Waals surface area (Å²) in [7, 11) is 0. The standard InChI is InChI=1S/C20H24N6O5S/c21-20(22)25-13-5-3-12(4-6-13)18(30)23-8-7-16(27)26-15(10-17(28)29)19(31)24-11-14-2-1-9-32-14/h1-6,9,15H,7-8,10-11H2,(H,23,30)(H,24,31)(H,26,27)(H,28,29)(H4,21,22,25). The largest absolute Gasteiger partial charge is 0.481 e. The number of carbonyl (C=O) groups is 4. The van der Waals surface area contributed by atoms with Crippen molar-refractivity contribution in [2.75, 3.05) is 6.54 Å². The smallest absolute Gasteiger partial charge is 0.305 e. The van der Waals surface area contributed by atoms with Crippen molar-refractivity contribution in [2.45, 2.75) is 25.4 Å². The molecule has 0 saturated heterocycles. The number of hydrogen-bond donors (Lipinski definition) is 6. The van der Waals surface area contributed by atoms with Gasteiger partial charge < -0.3 is 32.5 Å². The molecule has 1 aromatic carbocycles. The molecule has 3 amide bonds. The number of thiophene rings is 1. The van der Waals surface area contributed by atoms with E-state index in [0.717, 1.165) is 4.88 Å². The van der Waals surface area contributed by atoms with Crippen molar-refractivity contribution in [3.05, 3.63) is 52.2 Å². The fourth-order valence-electron chi connectivity index (χ4n) is 2.59. The number of nitrogens with one attached hydrogen (secondary N) is 3. The van der Waals surface area contributed by atoms with Gasteiger partial charge in [-0.1, -0.05) is 6.07 Å². The van der Waals surface area contributed by atoms with E-state index in [1.807, 2.05) is 17.5 Å². The molecule has 0 fully saturated rings. The van der Waals surface area contributed by atoms with Crippen molar-refractivity contribution in [3.63, 3.8) is 0 Å². The summed E-state index contributed by atoms with van der Waals surface area (Å²) < 4.78 is 0. The minimum Gasteiger partial charge on any atom is -0.481 e. The lowest BCUT2D eigenvalue weighted by molar-refractivity contribution is -0.140. The summed E-state index contributed by atoms with van der Waals surface area (Å²) in [4.78, 5) is 52.4. The quantitative estimate of drug-likeness (QED) is 0.202. The van der Waals surface area contributed by atoms with Gasteiger partial charge in [-0.2, -0.15) is 0 Å². The number of hydrogen-bond acceptors (Lipinski definition) is 6. The molecule has 2 rings (SSSR count). The topological polar surface area (TPSA) is 189 Å². The minimum absolute atomic E-state index is 0.00305. The molecule has 1 aromatic heterocycles. The number of amides is 3. The average Bonchev–Trinajstić information content (AvgIpc) is 3.25. The van der Waals surface area contributed by atoms with E-state index in [9.17, 15) is 19.2 Å². The summed E-state index contributed by atoms with van der Waals surface area (Å²) in [6, 6.07) is 8.61. The van der Waals surface area contributed by atoms with E-state index in [1.54, 1.807) is 12.1 Å². The molecular weight excluding hydrogens is 436 g/mol. The lowest BCUT2D eigenvalue weighted by atomic mass is 10.1. The van der Waals surface area contributed by atoms with Gasteiger partial charge in [-0.3, -0.25) is 19.2 Å². The highest BCUT2D eigenvalue weighted by Gasteiger charge is 2.23. The lowest BCUT2D eigenvalue weighted by Gasteiger charge is -2.16. The lowest BCUT2D eigenvalue weighted by Crippen LogP contribution is -2.48. The number of nitrogens with two attached hydrogens (primary N) is 2. The van der Waals surface area contributed by atoms with Crippen LogP contribution in [0.25, 0.3) is 0 Å². The predicted molar refractivity (Wildman–Crippen MR) is 119 cm³/mol. The Bertz CT molecular complexity index is 971. The molecule has 0 spiro atoms. The summed E-state index contributed by atoms with van der Waals surface area (Å²) in [6.07, 6.45) is -0.692. The molecule has 1 unspecified atom stereocenters. The minimum atomic E-state index is -1.22. The van der Waals surface area contributed by atoms with E-state index in [4.69, 9.17) is 16.6 Å². The average molecular weight is 461 g/mol. The summed E-state index contributed by atoms with van der Waals surface area (Å²) in [5.74, 6) is -2.90. The Kier molecular flexibility index (Phi) is 9.17. The first-order valence-electron chi connectivity index (χ1n) is 9.53. The molecule has 0 aliphatic rings. The van der Waals surface area contributed by atoms with Crippen molar-refractivity contribution in [2.24, 2.45) is 16.5 Å². The first-order chi connectivity index (χ1) is 15.2. The predicted octanol–water partition coefficient (Wildman–Crippen LogP) is 0.0488. The number of aliphatic carboxylic acids is 1. The van der Waals surface area contributed by atoms with Crippen LogP contribution < -0.4 is 27.4 Å². The van der Waals surface area contributed by atoms with Gasteiger partial charge >= 0.3 is 5.97 Å². The van der Waals surface area contributed by atoms with Gasteiger partial charge in [0.2, 0.25) is 11.8 Å². The number of benzene rings is 1. The number of carboxylic acids is 1. The van der Waals surface area contributed by atoms with Crippen LogP contribution in [-0.4, -0.2) is 47.3 Å². The molecule has 11 nitrogen and oxygen atoms in total. The molecule has 170 valence electrons. The maximum absolute atomic E-state index is 12.3. The van der Waals surface area contributed by atoms with Crippen LogP contribution in [0.4, 0.5) is 5.69 Å². The van der Waals surface area contributed by atoms with Crippen LogP contribution in [0.15, 0.2) is 46.8 Å². The second kappa shape index (κ2) is 12.1. The molecule has 12 heteroatoms. The van der Waals surface area contributed by atoms with Gasteiger partial charge in [-0.05, 0) is 35.7 Å². The number of guanidine groups is 1. The highest BCUT2D eigenvalue weighted by molar-refractivity contribution is 7.09. The van der Waals surface area contributed by atoms with Crippen molar-refractivity contribution >= 4 is 46.7 Å². The number of carbonyl (C=O) groups excluding carboxylic acids is 3. The van der Waals surface area contributed by atoms with Crippen LogP contribution in [0.5, 0.6) is 0 Å². The monoisotopic (exact) mass is 460 g/mol. The summed E-state index contributed by atoms with van der Waals surface area (Å²) in [6.45, 7) is 0.234. The van der Waals surface area contributed by atoms with Crippen LogP contribution in [0, 0.1) is 0 Å². The molecule has 0 bridgehead atoms. The van der Waals surface area contributed by atoms with Crippen LogP contribution in [0.1, 0.15) is 28.1 Å². The zero-order chi connectivity index (χ0) is 23.5. The maximum atomic E-state index is 12.3.